The molecule has 1 fully saturated rings. The highest BCUT2D eigenvalue weighted by molar-refractivity contribution is 5.16. The van der Waals surface area contributed by atoms with E-state index in [1.807, 2.05) is 11.7 Å². The van der Waals surface area contributed by atoms with E-state index in [2.05, 4.69) is 23.5 Å². The zero-order valence-electron chi connectivity index (χ0n) is 11.2. The molecule has 1 aliphatic rings. The highest BCUT2D eigenvalue weighted by Crippen LogP contribution is 2.18. The van der Waals surface area contributed by atoms with E-state index in [0.717, 1.165) is 19.0 Å². The summed E-state index contributed by atoms with van der Waals surface area (Å²) in [5.41, 5.74) is 2.62. The number of nitrogens with zero attached hydrogens (tertiary/aromatic N) is 2. The van der Waals surface area contributed by atoms with Crippen LogP contribution in [-0.4, -0.2) is 15.8 Å². The van der Waals surface area contributed by atoms with Crippen LogP contribution in [0.2, 0.25) is 0 Å². The summed E-state index contributed by atoms with van der Waals surface area (Å²) in [5, 5.41) is 8.20. The van der Waals surface area contributed by atoms with Crippen molar-refractivity contribution in [1.29, 1.82) is 0 Å². The summed E-state index contributed by atoms with van der Waals surface area (Å²) in [4.78, 5) is 0. The molecule has 1 heterocycles. The first-order valence-electron chi connectivity index (χ1n) is 7.04. The molecule has 2 rings (SSSR count). The summed E-state index contributed by atoms with van der Waals surface area (Å²) in [6.07, 6.45) is 11.5. The Morgan fingerprint density at radius 1 is 1.29 bits per heavy atom. The van der Waals surface area contributed by atoms with Gasteiger partial charge in [0.05, 0.1) is 5.69 Å². The van der Waals surface area contributed by atoms with Crippen LogP contribution in [0.15, 0.2) is 6.20 Å². The first-order valence-corrected chi connectivity index (χ1v) is 7.04. The van der Waals surface area contributed by atoms with E-state index < -0.39 is 0 Å². The Morgan fingerprint density at radius 2 is 2.00 bits per heavy atom. The molecule has 1 aromatic heterocycles. The van der Waals surface area contributed by atoms with E-state index in [4.69, 9.17) is 0 Å². The fourth-order valence-electron chi connectivity index (χ4n) is 2.77. The molecule has 0 bridgehead atoms. The zero-order valence-corrected chi connectivity index (χ0v) is 11.2. The smallest absolute Gasteiger partial charge is 0.0666 e. The predicted molar refractivity (Wildman–Crippen MR) is 70.9 cm³/mol. The lowest BCUT2D eigenvalue weighted by molar-refractivity contribution is 0.458. The normalized spacial score (nSPS) is 18.2. The molecule has 1 saturated carbocycles. The minimum absolute atomic E-state index is 0.724. The first-order chi connectivity index (χ1) is 8.29. The lowest BCUT2D eigenvalue weighted by Gasteiger charge is -2.15. The minimum Gasteiger partial charge on any atom is -0.310 e. The van der Waals surface area contributed by atoms with Gasteiger partial charge in [0.25, 0.3) is 0 Å². The van der Waals surface area contributed by atoms with Gasteiger partial charge in [-0.15, -0.1) is 0 Å². The number of nitrogens with one attached hydrogen (secondary N) is 1. The topological polar surface area (TPSA) is 29.9 Å². The third-order valence-corrected chi connectivity index (χ3v) is 3.76. The Labute approximate surface area is 105 Å². The molecule has 0 amide bonds. The lowest BCUT2D eigenvalue weighted by atomic mass is 10.1. The number of aryl methyl sites for hydroxylation is 2. The highest BCUT2D eigenvalue weighted by atomic mass is 15.3. The van der Waals surface area contributed by atoms with Crippen molar-refractivity contribution < 1.29 is 0 Å². The molecule has 0 atom stereocenters. The van der Waals surface area contributed by atoms with Gasteiger partial charge in [0.1, 0.15) is 0 Å². The van der Waals surface area contributed by atoms with Crippen molar-refractivity contribution in [2.24, 2.45) is 7.05 Å². The largest absolute Gasteiger partial charge is 0.310 e. The molecule has 0 aromatic carbocycles. The Morgan fingerprint density at radius 3 is 2.65 bits per heavy atom. The second-order valence-corrected chi connectivity index (χ2v) is 5.20. The molecular formula is C14H25N3. The van der Waals surface area contributed by atoms with Gasteiger partial charge >= 0.3 is 0 Å². The zero-order chi connectivity index (χ0) is 12.1. The molecule has 0 saturated heterocycles. The molecular weight excluding hydrogens is 210 g/mol. The highest BCUT2D eigenvalue weighted by Gasteiger charge is 2.13. The predicted octanol–water partition coefficient (Wildman–Crippen LogP) is 2.79. The van der Waals surface area contributed by atoms with E-state index in [0.29, 0.717) is 0 Å². The first kappa shape index (κ1) is 12.6. The van der Waals surface area contributed by atoms with Crippen LogP contribution >= 0.6 is 0 Å². The molecule has 0 unspecified atom stereocenters. The number of hydrogen-bond acceptors (Lipinski definition) is 2. The fourth-order valence-corrected chi connectivity index (χ4v) is 2.77. The van der Waals surface area contributed by atoms with Crippen LogP contribution in [0.1, 0.15) is 56.7 Å². The molecule has 0 spiro atoms. The van der Waals surface area contributed by atoms with Gasteiger partial charge in [0.2, 0.25) is 0 Å². The van der Waals surface area contributed by atoms with Crippen LogP contribution in [-0.2, 0) is 20.0 Å². The van der Waals surface area contributed by atoms with E-state index in [9.17, 15) is 0 Å². The van der Waals surface area contributed by atoms with Crippen LogP contribution in [0.5, 0.6) is 0 Å². The summed E-state index contributed by atoms with van der Waals surface area (Å²) in [5.74, 6) is 0. The van der Waals surface area contributed by atoms with E-state index in [1.54, 1.807) is 0 Å². The SMILES string of the molecule is CCc1nn(C)cc1CNC1CCCCCC1. The van der Waals surface area contributed by atoms with E-state index >= 15 is 0 Å². The Bertz CT molecular complexity index is 335. The van der Waals surface area contributed by atoms with Gasteiger partial charge in [0, 0.05) is 31.4 Å². The number of aromatic nitrogens is 2. The van der Waals surface area contributed by atoms with Crippen molar-refractivity contribution in [1.82, 2.24) is 15.1 Å². The maximum atomic E-state index is 4.49. The molecule has 1 N–H and O–H groups in total. The fraction of sp³-hybridized carbons (Fsp3) is 0.786. The third kappa shape index (κ3) is 3.56. The standard InChI is InChI=1S/C14H25N3/c1-3-14-12(11-17(2)16-14)10-15-13-8-6-4-5-7-9-13/h11,13,15H,3-10H2,1-2H3. The lowest BCUT2D eigenvalue weighted by Crippen LogP contribution is -2.28. The second kappa shape index (κ2) is 6.20. The van der Waals surface area contributed by atoms with Crippen LogP contribution in [0, 0.1) is 0 Å². The molecule has 3 heteroatoms. The Kier molecular flexibility index (Phi) is 4.60. The monoisotopic (exact) mass is 235 g/mol. The van der Waals surface area contributed by atoms with Crippen molar-refractivity contribution in [3.8, 4) is 0 Å². The van der Waals surface area contributed by atoms with Crippen LogP contribution in [0.4, 0.5) is 0 Å². The maximum absolute atomic E-state index is 4.49. The molecule has 3 nitrogen and oxygen atoms in total. The van der Waals surface area contributed by atoms with Gasteiger partial charge in [0.15, 0.2) is 0 Å². The van der Waals surface area contributed by atoms with Crippen molar-refractivity contribution in [3.63, 3.8) is 0 Å². The van der Waals surface area contributed by atoms with Gasteiger partial charge in [-0.05, 0) is 19.3 Å². The molecule has 0 aliphatic heterocycles. The molecule has 0 radical (unpaired) electrons. The molecule has 96 valence electrons. The van der Waals surface area contributed by atoms with Gasteiger partial charge in [-0.3, -0.25) is 4.68 Å². The second-order valence-electron chi connectivity index (χ2n) is 5.20. The van der Waals surface area contributed by atoms with Gasteiger partial charge < -0.3 is 5.32 Å². The molecule has 1 aromatic rings. The van der Waals surface area contributed by atoms with Crippen molar-refractivity contribution in [2.45, 2.75) is 64.5 Å². The van der Waals surface area contributed by atoms with Gasteiger partial charge in [-0.25, -0.2) is 0 Å². The average molecular weight is 235 g/mol. The maximum Gasteiger partial charge on any atom is 0.0666 e. The molecule has 17 heavy (non-hydrogen) atoms. The quantitative estimate of drug-likeness (QED) is 0.813. The van der Waals surface area contributed by atoms with Crippen molar-refractivity contribution in [3.05, 3.63) is 17.5 Å². The Hall–Kier alpha value is -0.830. The van der Waals surface area contributed by atoms with Crippen LogP contribution in [0.3, 0.4) is 0 Å². The average Bonchev–Trinajstić information content (AvgIpc) is 2.54. The van der Waals surface area contributed by atoms with Gasteiger partial charge in [-0.2, -0.15) is 5.10 Å². The van der Waals surface area contributed by atoms with Crippen molar-refractivity contribution in [2.75, 3.05) is 0 Å². The Balaban J connectivity index is 1.87. The summed E-state index contributed by atoms with van der Waals surface area (Å²) in [7, 11) is 2.01. The van der Waals surface area contributed by atoms with Crippen LogP contribution < -0.4 is 5.32 Å². The van der Waals surface area contributed by atoms with E-state index in [-0.39, 0.29) is 0 Å². The third-order valence-electron chi connectivity index (χ3n) is 3.76. The van der Waals surface area contributed by atoms with Gasteiger partial charge in [-0.1, -0.05) is 32.6 Å². The van der Waals surface area contributed by atoms with E-state index in [1.165, 1.54) is 49.8 Å². The number of hydrogen-bond donors (Lipinski definition) is 1. The summed E-state index contributed by atoms with van der Waals surface area (Å²) < 4.78 is 1.93. The molecule has 1 aliphatic carbocycles. The summed E-state index contributed by atoms with van der Waals surface area (Å²) in [6.45, 7) is 3.17. The van der Waals surface area contributed by atoms with Crippen molar-refractivity contribution >= 4 is 0 Å². The number of rotatable bonds is 4. The summed E-state index contributed by atoms with van der Waals surface area (Å²) >= 11 is 0. The minimum atomic E-state index is 0.724. The van der Waals surface area contributed by atoms with Crippen LogP contribution in [0.25, 0.3) is 0 Å². The summed E-state index contributed by atoms with van der Waals surface area (Å²) in [6, 6.07) is 0.724.